The van der Waals surface area contributed by atoms with Crippen LogP contribution in [0.5, 0.6) is 5.75 Å². The second-order valence-corrected chi connectivity index (χ2v) is 53.2. The van der Waals surface area contributed by atoms with Crippen molar-refractivity contribution in [2.24, 2.45) is 35.5 Å². The van der Waals surface area contributed by atoms with Crippen LogP contribution < -0.4 is 4.74 Å². The van der Waals surface area contributed by atoms with Crippen LogP contribution in [0, 0.1) is 77.0 Å². The van der Waals surface area contributed by atoms with Gasteiger partial charge in [0.2, 0.25) is 0 Å². The van der Waals surface area contributed by atoms with Crippen molar-refractivity contribution in [3.8, 4) is 5.75 Å². The second kappa shape index (κ2) is 40.5. The summed E-state index contributed by atoms with van der Waals surface area (Å²) in [6.45, 7) is 11.5. The summed E-state index contributed by atoms with van der Waals surface area (Å²) >= 11 is 12.7. The smallest absolute Gasteiger partial charge is 0.182 e. The Morgan fingerprint density at radius 2 is 0.518 bits per heavy atom. The van der Waals surface area contributed by atoms with E-state index in [1.54, 1.807) is 189 Å². The average Bonchev–Trinajstić information content (AvgIpc) is 0.723. The molecule has 141 heavy (non-hydrogen) atoms. The molecule has 726 valence electrons. The SMILES string of the molecule is COc1ccc([C@@H]2CC(=O)[C@@H]3CC(S(=O)(=O)c4ccc(C)cc4)[C@H](c4cccc(Cl)c4)C[C@@H]3C2S(=O)(=O)c2ccccc2)cc1.Cc1ccc(S(=O)(=O)C2C[C@H]3C(=O)C[C@@H](c4ccc(Cl)cc4)C(S(=O)(=O)c4ccc(C)cc4)[C@H]3C[C@H]2c2cccc3ccccc23)cc1.Cc1ccc([C@@H]2CC(=O)[C@@H]3CC(S(=O)(=O)c4ccc(C)cc4)[C@H](c4cccc5ccccc45)C[C@@H]3C2S(=O)(=O)c2ccc(C)cc2)cc1. The molecule has 20 rings (SSSR count). The van der Waals surface area contributed by atoms with E-state index >= 15 is 0 Å². The first-order valence-electron chi connectivity index (χ1n) is 48.0. The number of hydrogen-bond acceptors (Lipinski definition) is 16. The maximum absolute atomic E-state index is 14.9. The lowest BCUT2D eigenvalue weighted by Crippen LogP contribution is -2.53. The molecule has 0 spiro atoms. The van der Waals surface area contributed by atoms with Gasteiger partial charge in [-0.05, 0) is 262 Å². The number of ether oxygens (including phenoxy) is 1. The number of halogens is 2. The number of methoxy groups -OCH3 is 1. The number of Topliss-reactive ketones (excluding diaryl/α,β-unsaturated/α-hetero) is 3. The number of carbonyl (C=O) groups excluding carboxylic acids is 3. The van der Waals surface area contributed by atoms with Gasteiger partial charge in [-0.15, -0.1) is 0 Å². The molecule has 0 amide bonds. The Morgan fingerprint density at radius 1 is 0.241 bits per heavy atom. The van der Waals surface area contributed by atoms with Gasteiger partial charge in [0.05, 0.1) is 68.0 Å². The molecule has 6 aliphatic carbocycles. The number of hydrogen-bond donors (Lipinski definition) is 0. The highest BCUT2D eigenvalue weighted by atomic mass is 35.5. The first-order chi connectivity index (χ1) is 67.4. The fourth-order valence-corrected chi connectivity index (χ4v) is 37.2. The van der Waals surface area contributed by atoms with Gasteiger partial charge >= 0.3 is 0 Å². The van der Waals surface area contributed by atoms with Gasteiger partial charge in [0.15, 0.2) is 59.0 Å². The molecular weight excluding hydrogens is 1920 g/mol. The molecule has 6 saturated carbocycles. The molecule has 14 aromatic carbocycles. The molecule has 0 radical (unpaired) electrons. The third-order valence-electron chi connectivity index (χ3n) is 31.1. The molecule has 0 heterocycles. The zero-order valence-corrected chi connectivity index (χ0v) is 85.7. The summed E-state index contributed by atoms with van der Waals surface area (Å²) in [4.78, 5) is 43.8. The van der Waals surface area contributed by atoms with Crippen molar-refractivity contribution in [3.63, 3.8) is 0 Å². The Balaban J connectivity index is 0.000000140. The largest absolute Gasteiger partial charge is 0.497 e. The summed E-state index contributed by atoms with van der Waals surface area (Å²) in [5.74, 6) is -6.99. The van der Waals surface area contributed by atoms with Crippen LogP contribution in [-0.4, -0.2) is 106 Å². The monoisotopic (exact) mass is 2030 g/mol. The molecule has 0 aliphatic heterocycles. The minimum atomic E-state index is -3.97. The molecule has 0 aromatic heterocycles. The molecule has 0 N–H and O–H groups in total. The number of fused-ring (bicyclic) bond motifs is 5. The lowest BCUT2D eigenvalue weighted by molar-refractivity contribution is -0.129. The van der Waals surface area contributed by atoms with Crippen LogP contribution in [0.3, 0.4) is 0 Å². The molecule has 6 aliphatic rings. The molecule has 0 bridgehead atoms. The molecule has 18 atom stereocenters. The van der Waals surface area contributed by atoms with Crippen LogP contribution in [-0.2, 0) is 73.4 Å². The molecule has 6 unspecified atom stereocenters. The van der Waals surface area contributed by atoms with E-state index in [0.29, 0.717) is 15.8 Å². The summed E-state index contributed by atoms with van der Waals surface area (Å²) < 4.78 is 181. The number of aryl methyl sites for hydroxylation is 6. The van der Waals surface area contributed by atoms with Crippen molar-refractivity contribution in [1.82, 2.24) is 0 Å². The van der Waals surface area contributed by atoms with Crippen LogP contribution in [0.25, 0.3) is 21.5 Å². The van der Waals surface area contributed by atoms with Crippen molar-refractivity contribution in [2.75, 3.05) is 7.11 Å². The molecule has 16 nitrogen and oxygen atoms in total. The van der Waals surface area contributed by atoms with Crippen molar-refractivity contribution in [2.45, 2.75) is 196 Å². The predicted molar refractivity (Wildman–Crippen MR) is 557 cm³/mol. The summed E-state index contributed by atoms with van der Waals surface area (Å²) in [6, 6.07) is 99.5. The van der Waals surface area contributed by atoms with Gasteiger partial charge < -0.3 is 4.74 Å². The topological polar surface area (TPSA) is 265 Å². The van der Waals surface area contributed by atoms with E-state index in [1.165, 1.54) is 0 Å². The molecule has 0 saturated heterocycles. The van der Waals surface area contributed by atoms with Crippen LogP contribution in [0.4, 0.5) is 0 Å². The maximum Gasteiger partial charge on any atom is 0.182 e. The Kier molecular flexibility index (Phi) is 28.7. The standard InChI is InChI=1S/C41H40O5S2.C40H37ClO5S2.C36H35ClO6S2/c1-26-11-17-30(18-12-26)35-24-39(42)36-25-40(47(43,44)31-19-13-27(2)14-20-31)37(34-10-6-8-29-7-4-5-9-33(29)34)23-38(36)41(35)48(45,46)32-21-15-28(3)16-22-32;1-25-10-18-30(19-11-25)47(43,44)39-24-35-37(22-36(39)33-9-5-7-27-6-3-4-8-32(27)33)40(48(45,46)31-20-12-26(2)13-21-31)34(23-38(35)42)28-14-16-29(41)17-15-28;1-23-11-17-29(18-12-23)44(39,40)35-22-32-33(20-30(35)25-7-6-8-26(37)19-25)36(45(41,42)28-9-4-3-5-10-28)31(21-34(32)38)24-13-15-27(43-2)16-14-24/h4-22,35-38,40-41H,23-25H2,1-3H3;3-21,34-37,39-40H,22-24H2,1-2H3;3-19,30-33,35-36H,20-22H2,1-2H3/t35-,36+,37-,38-,40?,41?;34-,35+,36-,37-,39?,40?;30-,31-,32+,33-,35?,36?/m000/s1. The molecular formula is C117H112Cl2O16S6. The predicted octanol–water partition coefficient (Wildman–Crippen LogP) is 24.2. The van der Waals surface area contributed by atoms with Crippen LogP contribution in [0.15, 0.2) is 363 Å². The lowest BCUT2D eigenvalue weighted by Gasteiger charge is -2.48. The Bertz CT molecular complexity index is 7460. The van der Waals surface area contributed by atoms with Crippen molar-refractivity contribution in [1.29, 1.82) is 0 Å². The lowest BCUT2D eigenvalue weighted by atomic mass is 9.61. The first kappa shape index (κ1) is 99.8. The molecule has 6 fully saturated rings. The Labute approximate surface area is 838 Å². The highest BCUT2D eigenvalue weighted by Gasteiger charge is 2.61. The molecule has 14 aromatic rings. The number of sulfone groups is 6. The third kappa shape index (κ3) is 19.8. The summed E-state index contributed by atoms with van der Waals surface area (Å²) in [6.07, 6.45) is 0.935. The minimum absolute atomic E-state index is 0.00333. The normalized spacial score (nSPS) is 24.9. The number of rotatable bonds is 19. The van der Waals surface area contributed by atoms with Crippen LogP contribution in [0.2, 0.25) is 10.0 Å². The molecule has 24 heteroatoms. The Hall–Kier alpha value is -11.3. The Morgan fingerprint density at radius 3 is 0.858 bits per heavy atom. The third-order valence-corrected chi connectivity index (χ3v) is 45.3. The van der Waals surface area contributed by atoms with Gasteiger partial charge in [0, 0.05) is 82.6 Å². The van der Waals surface area contributed by atoms with E-state index in [1.807, 2.05) is 193 Å². The maximum atomic E-state index is 14.9. The van der Waals surface area contributed by atoms with Crippen molar-refractivity contribution < 1.29 is 69.6 Å². The summed E-state index contributed by atoms with van der Waals surface area (Å²) in [5.41, 5.74) is 10.5. The van der Waals surface area contributed by atoms with E-state index in [2.05, 4.69) is 0 Å². The van der Waals surface area contributed by atoms with Gasteiger partial charge in [-0.1, -0.05) is 281 Å². The van der Waals surface area contributed by atoms with Gasteiger partial charge in [-0.25, -0.2) is 50.5 Å². The summed E-state index contributed by atoms with van der Waals surface area (Å²) in [7, 11) is -22.0. The summed E-state index contributed by atoms with van der Waals surface area (Å²) in [5, 5.41) is -0.681. The van der Waals surface area contributed by atoms with E-state index < -0.39 is 162 Å². The average molecular weight is 2040 g/mol. The minimum Gasteiger partial charge on any atom is -0.497 e. The van der Waals surface area contributed by atoms with Gasteiger partial charge in [0.25, 0.3) is 0 Å². The van der Waals surface area contributed by atoms with E-state index in [4.69, 9.17) is 27.9 Å². The zero-order chi connectivity index (χ0) is 99.5. The fraction of sp³-hybridized carbons (Fsp3) is 0.291. The van der Waals surface area contributed by atoms with E-state index in [9.17, 15) is 64.9 Å². The van der Waals surface area contributed by atoms with Gasteiger partial charge in [0.1, 0.15) is 23.1 Å². The van der Waals surface area contributed by atoms with Crippen LogP contribution >= 0.6 is 23.2 Å². The van der Waals surface area contributed by atoms with Gasteiger partial charge in [-0.2, -0.15) is 0 Å². The van der Waals surface area contributed by atoms with E-state index in [-0.39, 0.29) is 105 Å². The van der Waals surface area contributed by atoms with E-state index in [0.717, 1.165) is 88.3 Å². The highest BCUT2D eigenvalue weighted by molar-refractivity contribution is 7.93. The van der Waals surface area contributed by atoms with Crippen molar-refractivity contribution in [3.05, 3.63) is 410 Å². The first-order valence-corrected chi connectivity index (χ1v) is 58.0. The highest BCUT2D eigenvalue weighted by Crippen LogP contribution is 2.60. The number of carbonyl (C=O) groups is 3. The number of ketones is 3. The number of benzene rings is 14. The van der Waals surface area contributed by atoms with Gasteiger partial charge in [-0.3, -0.25) is 14.4 Å². The zero-order valence-electron chi connectivity index (χ0n) is 79.2. The van der Waals surface area contributed by atoms with Crippen LogP contribution in [0.1, 0.15) is 160 Å². The quantitative estimate of drug-likeness (QED) is 0.0728. The fourth-order valence-electron chi connectivity index (χ4n) is 23.9. The van der Waals surface area contributed by atoms with Crippen molar-refractivity contribution >= 4 is 121 Å². The second-order valence-electron chi connectivity index (χ2n) is 39.5.